The Morgan fingerprint density at radius 2 is 2.09 bits per heavy atom. The molecule has 5 nitrogen and oxygen atoms in total. The molecular formula is C17H16N2O3. The Labute approximate surface area is 128 Å². The number of hydrogen-bond acceptors (Lipinski definition) is 3. The molecule has 0 saturated carbocycles. The van der Waals surface area contributed by atoms with Crippen LogP contribution in [0.5, 0.6) is 0 Å². The first-order chi connectivity index (χ1) is 10.6. The van der Waals surface area contributed by atoms with E-state index in [0.29, 0.717) is 35.7 Å². The summed E-state index contributed by atoms with van der Waals surface area (Å²) >= 11 is 0. The Balaban J connectivity index is 2.19. The summed E-state index contributed by atoms with van der Waals surface area (Å²) in [7, 11) is 0. The number of nitrogens with one attached hydrogen (secondary N) is 1. The van der Waals surface area contributed by atoms with Crippen LogP contribution in [0.4, 0.5) is 0 Å². The molecule has 0 radical (unpaired) electrons. The van der Waals surface area contributed by atoms with Crippen molar-refractivity contribution in [1.29, 1.82) is 0 Å². The molecule has 2 N–H and O–H groups in total. The van der Waals surface area contributed by atoms with Gasteiger partial charge in [-0.25, -0.2) is 4.79 Å². The summed E-state index contributed by atoms with van der Waals surface area (Å²) in [6.07, 6.45) is 8.02. The maximum Gasteiger partial charge on any atom is 0.326 e. The second-order valence-electron chi connectivity index (χ2n) is 4.84. The van der Waals surface area contributed by atoms with Gasteiger partial charge in [0.25, 0.3) is 5.91 Å². The summed E-state index contributed by atoms with van der Waals surface area (Å²) in [5.41, 5.74) is 1.10. The fourth-order valence-corrected chi connectivity index (χ4v) is 2.20. The van der Waals surface area contributed by atoms with E-state index in [0.717, 1.165) is 0 Å². The molecule has 112 valence electrons. The normalized spacial score (nSPS) is 11.6. The number of nitrogens with zero attached hydrogens (tertiary/aromatic N) is 1. The average Bonchev–Trinajstić information content (AvgIpc) is 2.53. The number of terminal acetylenes is 1. The number of unbranched alkanes of at least 4 members (excludes halogenated alkanes) is 1. The zero-order chi connectivity index (χ0) is 15.9. The monoisotopic (exact) mass is 296 g/mol. The SMILES string of the molecule is C#CCCC[C@H](NC(=O)c1ccnc2ccccc12)C(=O)O. The van der Waals surface area contributed by atoms with Crippen molar-refractivity contribution in [3.8, 4) is 12.3 Å². The maximum atomic E-state index is 12.4. The van der Waals surface area contributed by atoms with E-state index in [2.05, 4.69) is 16.2 Å². The maximum absolute atomic E-state index is 12.4. The molecule has 0 aliphatic rings. The van der Waals surface area contributed by atoms with Crippen LogP contribution in [-0.4, -0.2) is 28.0 Å². The van der Waals surface area contributed by atoms with Gasteiger partial charge in [-0.1, -0.05) is 18.2 Å². The average molecular weight is 296 g/mol. The van der Waals surface area contributed by atoms with E-state index < -0.39 is 17.9 Å². The number of carboxylic acids is 1. The molecule has 0 fully saturated rings. The number of hydrogen-bond donors (Lipinski definition) is 2. The first kappa shape index (κ1) is 15.5. The smallest absolute Gasteiger partial charge is 0.326 e. The van der Waals surface area contributed by atoms with Gasteiger partial charge in [-0.15, -0.1) is 12.3 Å². The Kier molecular flexibility index (Phi) is 5.10. The fourth-order valence-electron chi connectivity index (χ4n) is 2.20. The van der Waals surface area contributed by atoms with E-state index in [1.165, 1.54) is 6.20 Å². The lowest BCUT2D eigenvalue weighted by Gasteiger charge is -2.14. The summed E-state index contributed by atoms with van der Waals surface area (Å²) in [5.74, 6) is 0.967. The minimum Gasteiger partial charge on any atom is -0.480 e. The van der Waals surface area contributed by atoms with Gasteiger partial charge in [-0.2, -0.15) is 0 Å². The Hall–Kier alpha value is -2.87. The summed E-state index contributed by atoms with van der Waals surface area (Å²) in [4.78, 5) is 27.8. The van der Waals surface area contributed by atoms with E-state index >= 15 is 0 Å². The molecule has 0 bridgehead atoms. The van der Waals surface area contributed by atoms with Crippen LogP contribution in [0.2, 0.25) is 0 Å². The van der Waals surface area contributed by atoms with Crippen LogP contribution in [0.25, 0.3) is 10.9 Å². The number of rotatable bonds is 6. The van der Waals surface area contributed by atoms with Gasteiger partial charge in [0.1, 0.15) is 6.04 Å². The van der Waals surface area contributed by atoms with Crippen LogP contribution >= 0.6 is 0 Å². The number of aromatic nitrogens is 1. The number of carbonyl (C=O) groups is 2. The molecule has 1 heterocycles. The van der Waals surface area contributed by atoms with Crippen LogP contribution in [0.3, 0.4) is 0 Å². The number of aliphatic carboxylic acids is 1. The Bertz CT molecular complexity index is 729. The van der Waals surface area contributed by atoms with Crippen molar-refractivity contribution < 1.29 is 14.7 Å². The van der Waals surface area contributed by atoms with E-state index in [4.69, 9.17) is 6.42 Å². The predicted molar refractivity (Wildman–Crippen MR) is 83.3 cm³/mol. The lowest BCUT2D eigenvalue weighted by atomic mass is 10.1. The van der Waals surface area contributed by atoms with Crippen molar-refractivity contribution in [1.82, 2.24) is 10.3 Å². The third-order valence-corrected chi connectivity index (χ3v) is 3.31. The van der Waals surface area contributed by atoms with Crippen molar-refractivity contribution in [2.75, 3.05) is 0 Å². The van der Waals surface area contributed by atoms with Gasteiger partial charge < -0.3 is 10.4 Å². The van der Waals surface area contributed by atoms with E-state index in [1.807, 2.05) is 12.1 Å². The summed E-state index contributed by atoms with van der Waals surface area (Å²) < 4.78 is 0. The molecule has 5 heteroatoms. The number of benzene rings is 1. The van der Waals surface area contributed by atoms with Crippen molar-refractivity contribution >= 4 is 22.8 Å². The topological polar surface area (TPSA) is 79.3 Å². The Morgan fingerprint density at radius 1 is 1.32 bits per heavy atom. The minimum atomic E-state index is -1.07. The van der Waals surface area contributed by atoms with Gasteiger partial charge >= 0.3 is 5.97 Å². The fraction of sp³-hybridized carbons (Fsp3) is 0.235. The van der Waals surface area contributed by atoms with Crippen molar-refractivity contribution in [2.45, 2.75) is 25.3 Å². The van der Waals surface area contributed by atoms with Crippen LogP contribution in [0.1, 0.15) is 29.6 Å². The summed E-state index contributed by atoms with van der Waals surface area (Å²) in [6, 6.07) is 7.85. The molecule has 2 rings (SSSR count). The summed E-state index contributed by atoms with van der Waals surface area (Å²) in [5, 5.41) is 12.4. The van der Waals surface area contributed by atoms with Gasteiger partial charge in [0.2, 0.25) is 0 Å². The van der Waals surface area contributed by atoms with Crippen LogP contribution in [0.15, 0.2) is 36.5 Å². The Morgan fingerprint density at radius 3 is 2.82 bits per heavy atom. The van der Waals surface area contributed by atoms with E-state index in [1.54, 1.807) is 18.2 Å². The standard InChI is InChI=1S/C17H16N2O3/c1-2-3-4-9-15(17(21)22)19-16(20)13-10-11-18-14-8-6-5-7-12(13)14/h1,5-8,10-11,15H,3-4,9H2,(H,19,20)(H,21,22)/t15-/m0/s1. The predicted octanol–water partition coefficient (Wildman–Crippen LogP) is 2.22. The number of amides is 1. The van der Waals surface area contributed by atoms with Crippen LogP contribution < -0.4 is 5.32 Å². The molecule has 1 amide bonds. The molecule has 1 aromatic carbocycles. The highest BCUT2D eigenvalue weighted by molar-refractivity contribution is 6.06. The van der Waals surface area contributed by atoms with Gasteiger partial charge in [0.15, 0.2) is 0 Å². The van der Waals surface area contributed by atoms with Gasteiger partial charge in [-0.3, -0.25) is 9.78 Å². The van der Waals surface area contributed by atoms with Gasteiger partial charge in [0, 0.05) is 18.0 Å². The second kappa shape index (κ2) is 7.23. The third-order valence-electron chi connectivity index (χ3n) is 3.31. The van der Waals surface area contributed by atoms with Crippen LogP contribution in [0, 0.1) is 12.3 Å². The number of para-hydroxylation sites is 1. The molecule has 2 aromatic rings. The van der Waals surface area contributed by atoms with Crippen molar-refractivity contribution in [2.24, 2.45) is 0 Å². The zero-order valence-electron chi connectivity index (χ0n) is 12.0. The molecule has 1 atom stereocenters. The molecule has 0 aliphatic carbocycles. The quantitative estimate of drug-likeness (QED) is 0.633. The number of fused-ring (bicyclic) bond motifs is 1. The molecule has 0 spiro atoms. The lowest BCUT2D eigenvalue weighted by Crippen LogP contribution is -2.40. The molecule has 0 aliphatic heterocycles. The minimum absolute atomic E-state index is 0.300. The second-order valence-corrected chi connectivity index (χ2v) is 4.84. The highest BCUT2D eigenvalue weighted by Gasteiger charge is 2.21. The summed E-state index contributed by atoms with van der Waals surface area (Å²) in [6.45, 7) is 0. The zero-order valence-corrected chi connectivity index (χ0v) is 12.0. The highest BCUT2D eigenvalue weighted by Crippen LogP contribution is 2.16. The molecule has 1 aromatic heterocycles. The van der Waals surface area contributed by atoms with Crippen LogP contribution in [-0.2, 0) is 4.79 Å². The van der Waals surface area contributed by atoms with Crippen molar-refractivity contribution in [3.05, 3.63) is 42.1 Å². The number of carbonyl (C=O) groups excluding carboxylic acids is 1. The van der Waals surface area contributed by atoms with Gasteiger partial charge in [-0.05, 0) is 25.0 Å². The molecule has 22 heavy (non-hydrogen) atoms. The molecule has 0 saturated heterocycles. The largest absolute Gasteiger partial charge is 0.480 e. The third kappa shape index (κ3) is 3.61. The molecule has 0 unspecified atom stereocenters. The molecular weight excluding hydrogens is 280 g/mol. The van der Waals surface area contributed by atoms with Crippen molar-refractivity contribution in [3.63, 3.8) is 0 Å². The van der Waals surface area contributed by atoms with E-state index in [-0.39, 0.29) is 0 Å². The lowest BCUT2D eigenvalue weighted by molar-refractivity contribution is -0.139. The number of carboxylic acid groups (broad SMARTS) is 1. The first-order valence-electron chi connectivity index (χ1n) is 6.94. The first-order valence-corrected chi connectivity index (χ1v) is 6.94. The van der Waals surface area contributed by atoms with E-state index in [9.17, 15) is 14.7 Å². The highest BCUT2D eigenvalue weighted by atomic mass is 16.4. The van der Waals surface area contributed by atoms with Gasteiger partial charge in [0.05, 0.1) is 11.1 Å². The number of pyridine rings is 1.